The Morgan fingerprint density at radius 1 is 0.875 bits per heavy atom. The molecule has 0 saturated carbocycles. The van der Waals surface area contributed by atoms with E-state index in [4.69, 9.17) is 4.98 Å². The molecule has 1 aromatic heterocycles. The molecule has 2 aliphatic heterocycles. The first-order valence-electron chi connectivity index (χ1n) is 14.2. The minimum atomic E-state index is -0.156. The highest BCUT2D eigenvalue weighted by Crippen LogP contribution is 2.29. The van der Waals surface area contributed by atoms with Crippen molar-refractivity contribution in [1.29, 1.82) is 0 Å². The largest absolute Gasteiger partial charge is 0.335 e. The van der Waals surface area contributed by atoms with E-state index >= 15 is 0 Å². The van der Waals surface area contributed by atoms with Gasteiger partial charge in [0.15, 0.2) is 11.5 Å². The number of hydrogen-bond donors (Lipinski definition) is 0. The normalized spacial score (nSPS) is 15.9. The fourth-order valence-corrected chi connectivity index (χ4v) is 5.79. The molecule has 7 nitrogen and oxygen atoms in total. The van der Waals surface area contributed by atoms with Crippen LogP contribution in [0.1, 0.15) is 45.1 Å². The lowest BCUT2D eigenvalue weighted by Crippen LogP contribution is -2.49. The van der Waals surface area contributed by atoms with Crippen LogP contribution in [-0.2, 0) is 13.0 Å². The molecule has 1 fully saturated rings. The van der Waals surface area contributed by atoms with Gasteiger partial charge >= 0.3 is 0 Å². The molecular weight excluding hydrogens is 498 g/mol. The predicted molar refractivity (Wildman–Crippen MR) is 160 cm³/mol. The molecule has 0 N–H and O–H groups in total. The first-order chi connectivity index (χ1) is 19.6. The van der Waals surface area contributed by atoms with Crippen LogP contribution in [0.2, 0.25) is 0 Å². The molecule has 204 valence electrons. The van der Waals surface area contributed by atoms with Gasteiger partial charge in [0.2, 0.25) is 0 Å². The van der Waals surface area contributed by atoms with Gasteiger partial charge in [0.1, 0.15) is 5.82 Å². The Morgan fingerprint density at radius 2 is 1.62 bits per heavy atom. The van der Waals surface area contributed by atoms with E-state index in [1.807, 2.05) is 65.6 Å². The molecular formula is C33H35N5O2. The maximum Gasteiger partial charge on any atom is 0.274 e. The average molecular weight is 534 g/mol. The third-order valence-corrected chi connectivity index (χ3v) is 8.04. The van der Waals surface area contributed by atoms with E-state index in [1.165, 1.54) is 5.56 Å². The molecule has 0 bridgehead atoms. The quantitative estimate of drug-likeness (QED) is 0.345. The number of fused-ring (bicyclic) bond motifs is 2. The summed E-state index contributed by atoms with van der Waals surface area (Å²) in [6.07, 6.45) is 7.20. The van der Waals surface area contributed by atoms with E-state index in [2.05, 4.69) is 33.8 Å². The number of anilines is 1. The number of aryl methyl sites for hydroxylation is 1. The summed E-state index contributed by atoms with van der Waals surface area (Å²) < 4.78 is 2.06. The zero-order chi connectivity index (χ0) is 27.5. The number of hydrogen-bond acceptors (Lipinski definition) is 4. The molecule has 40 heavy (non-hydrogen) atoms. The van der Waals surface area contributed by atoms with Crippen molar-refractivity contribution in [1.82, 2.24) is 19.4 Å². The van der Waals surface area contributed by atoms with Gasteiger partial charge in [-0.25, -0.2) is 4.98 Å². The highest BCUT2D eigenvalue weighted by Gasteiger charge is 2.33. The second kappa shape index (κ2) is 11.5. The maximum atomic E-state index is 14.0. The van der Waals surface area contributed by atoms with Gasteiger partial charge in [-0.3, -0.25) is 19.4 Å². The number of piperazine rings is 1. The number of benzene rings is 3. The fourth-order valence-electron chi connectivity index (χ4n) is 5.79. The minimum Gasteiger partial charge on any atom is -0.335 e. The molecule has 1 saturated heterocycles. The molecule has 2 amide bonds. The second-order valence-electron chi connectivity index (χ2n) is 10.6. The van der Waals surface area contributed by atoms with Crippen molar-refractivity contribution in [2.45, 2.75) is 25.8 Å². The van der Waals surface area contributed by atoms with E-state index in [9.17, 15) is 9.59 Å². The number of rotatable bonds is 6. The molecule has 7 heteroatoms. The van der Waals surface area contributed by atoms with Crippen molar-refractivity contribution in [3.8, 4) is 0 Å². The lowest BCUT2D eigenvalue weighted by atomic mass is 10.0. The van der Waals surface area contributed by atoms with Gasteiger partial charge in [-0.2, -0.15) is 0 Å². The Morgan fingerprint density at radius 3 is 2.45 bits per heavy atom. The highest BCUT2D eigenvalue weighted by atomic mass is 16.2. The summed E-state index contributed by atoms with van der Waals surface area (Å²) >= 11 is 0. The molecule has 0 radical (unpaired) electrons. The minimum absolute atomic E-state index is 0.0345. The molecule has 6 rings (SSSR count). The monoisotopic (exact) mass is 533 g/mol. The summed E-state index contributed by atoms with van der Waals surface area (Å²) in [5.74, 6) is 1.17. The summed E-state index contributed by atoms with van der Waals surface area (Å²) in [6, 6.07) is 24.0. The van der Waals surface area contributed by atoms with Crippen molar-refractivity contribution in [2.75, 3.05) is 44.7 Å². The van der Waals surface area contributed by atoms with E-state index < -0.39 is 0 Å². The number of amides is 2. The first-order valence-corrected chi connectivity index (χ1v) is 14.2. The van der Waals surface area contributed by atoms with Gasteiger partial charge < -0.3 is 9.47 Å². The summed E-state index contributed by atoms with van der Waals surface area (Å²) in [5.41, 5.74) is 2.35. The Labute approximate surface area is 235 Å². The number of aromatic nitrogens is 2. The Bertz CT molecular complexity index is 1540. The van der Waals surface area contributed by atoms with E-state index in [1.54, 1.807) is 11.9 Å². The smallest absolute Gasteiger partial charge is 0.274 e. The number of carbonyl (C=O) groups excluding carboxylic acids is 2. The molecule has 4 aromatic rings. The summed E-state index contributed by atoms with van der Waals surface area (Å²) in [7, 11) is 1.74. The van der Waals surface area contributed by atoms with Crippen LogP contribution in [0.25, 0.3) is 16.8 Å². The summed E-state index contributed by atoms with van der Waals surface area (Å²) in [6.45, 7) is 4.53. The van der Waals surface area contributed by atoms with Crippen molar-refractivity contribution in [3.63, 3.8) is 0 Å². The first kappa shape index (κ1) is 26.0. The van der Waals surface area contributed by atoms with Gasteiger partial charge in [0, 0.05) is 58.3 Å². The Kier molecular flexibility index (Phi) is 7.47. The van der Waals surface area contributed by atoms with Gasteiger partial charge in [-0.1, -0.05) is 78.9 Å². The van der Waals surface area contributed by atoms with Crippen LogP contribution in [0.15, 0.2) is 78.9 Å². The van der Waals surface area contributed by atoms with Gasteiger partial charge in [0.05, 0.1) is 0 Å². The molecule has 2 aliphatic rings. The van der Waals surface area contributed by atoms with Gasteiger partial charge in [-0.05, 0) is 35.2 Å². The maximum absolute atomic E-state index is 14.0. The van der Waals surface area contributed by atoms with E-state index in [0.717, 1.165) is 62.0 Å². The second-order valence-corrected chi connectivity index (χ2v) is 10.6. The standard InChI is InChI=1S/C33H35N5O2/c1-35(32(39)28-17-9-15-26-14-5-6-16-27(26)28)31-30(38-20-8-7-18-29(38)34-31)33(40)37-23-21-36(22-24-37)19-10-13-25-11-3-2-4-12-25/h2-6,9-17H,7-8,18-24H2,1H3. The molecule has 0 atom stereocenters. The van der Waals surface area contributed by atoms with Crippen LogP contribution in [-0.4, -0.2) is 70.9 Å². The predicted octanol–water partition coefficient (Wildman–Crippen LogP) is 5.12. The Hall–Kier alpha value is -4.23. The van der Waals surface area contributed by atoms with Crippen molar-refractivity contribution in [2.24, 2.45) is 0 Å². The third-order valence-electron chi connectivity index (χ3n) is 8.04. The van der Waals surface area contributed by atoms with Crippen molar-refractivity contribution in [3.05, 3.63) is 102 Å². The highest BCUT2D eigenvalue weighted by molar-refractivity contribution is 6.15. The van der Waals surface area contributed by atoms with Crippen LogP contribution in [0.4, 0.5) is 5.82 Å². The molecule has 0 unspecified atom stereocenters. The van der Waals surface area contributed by atoms with Crippen molar-refractivity contribution >= 4 is 34.5 Å². The van der Waals surface area contributed by atoms with Gasteiger partial charge in [0.25, 0.3) is 11.8 Å². The van der Waals surface area contributed by atoms with Gasteiger partial charge in [-0.15, -0.1) is 0 Å². The average Bonchev–Trinajstić information content (AvgIpc) is 3.40. The Balaban J connectivity index is 1.21. The fraction of sp³-hybridized carbons (Fsp3) is 0.303. The topological polar surface area (TPSA) is 61.7 Å². The van der Waals surface area contributed by atoms with Crippen LogP contribution in [0.3, 0.4) is 0 Å². The summed E-state index contributed by atoms with van der Waals surface area (Å²) in [5, 5.41) is 1.91. The van der Waals surface area contributed by atoms with Crippen LogP contribution < -0.4 is 4.90 Å². The van der Waals surface area contributed by atoms with Crippen LogP contribution >= 0.6 is 0 Å². The molecule has 3 aromatic carbocycles. The lowest BCUT2D eigenvalue weighted by Gasteiger charge is -2.34. The van der Waals surface area contributed by atoms with E-state index in [-0.39, 0.29) is 11.8 Å². The van der Waals surface area contributed by atoms with Crippen LogP contribution in [0, 0.1) is 0 Å². The molecule has 3 heterocycles. The SMILES string of the molecule is CN(C(=O)c1cccc2ccccc12)c1nc2n(c1C(=O)N1CCN(CC=Cc3ccccc3)CC1)CCCC2. The molecule has 0 aliphatic carbocycles. The number of imidazole rings is 1. The van der Waals surface area contributed by atoms with E-state index in [0.29, 0.717) is 30.2 Å². The lowest BCUT2D eigenvalue weighted by molar-refractivity contribution is 0.0639. The van der Waals surface area contributed by atoms with Crippen LogP contribution in [0.5, 0.6) is 0 Å². The van der Waals surface area contributed by atoms with Crippen molar-refractivity contribution < 1.29 is 9.59 Å². The number of carbonyl (C=O) groups is 2. The number of nitrogens with zero attached hydrogens (tertiary/aromatic N) is 5. The third kappa shape index (κ3) is 5.17. The zero-order valence-corrected chi connectivity index (χ0v) is 23.0. The summed E-state index contributed by atoms with van der Waals surface area (Å²) in [4.78, 5) is 38.6. The molecule has 0 spiro atoms. The zero-order valence-electron chi connectivity index (χ0n) is 23.0.